The predicted molar refractivity (Wildman–Crippen MR) is 63.6 cm³/mol. The van der Waals surface area contributed by atoms with Crippen LogP contribution in [0.2, 0.25) is 0 Å². The van der Waals surface area contributed by atoms with E-state index in [0.29, 0.717) is 5.92 Å². The summed E-state index contributed by atoms with van der Waals surface area (Å²) < 4.78 is 5.51. The molecule has 4 rings (SSSR count). The van der Waals surface area contributed by atoms with Gasteiger partial charge in [0.05, 0.1) is 12.5 Å². The topological polar surface area (TPSA) is 46.5 Å². The predicted octanol–water partition coefficient (Wildman–Crippen LogP) is 2.55. The Morgan fingerprint density at radius 1 is 1.18 bits per heavy atom. The number of hydrogen-bond donors (Lipinski definition) is 1. The number of carboxylic acids is 1. The maximum atomic E-state index is 10.9. The van der Waals surface area contributed by atoms with E-state index in [4.69, 9.17) is 9.84 Å². The minimum atomic E-state index is -0.717. The fourth-order valence-electron chi connectivity index (χ4n) is 5.12. The van der Waals surface area contributed by atoms with Gasteiger partial charge in [-0.1, -0.05) is 0 Å². The van der Waals surface area contributed by atoms with Crippen molar-refractivity contribution in [1.29, 1.82) is 0 Å². The van der Waals surface area contributed by atoms with Crippen molar-refractivity contribution in [3.63, 3.8) is 0 Å². The molecule has 4 fully saturated rings. The summed E-state index contributed by atoms with van der Waals surface area (Å²) in [7, 11) is 1.68. The van der Waals surface area contributed by atoms with E-state index in [2.05, 4.69) is 0 Å². The van der Waals surface area contributed by atoms with E-state index < -0.39 is 5.97 Å². The summed E-state index contributed by atoms with van der Waals surface area (Å²) in [5, 5.41) is 8.99. The number of carboxylic acid groups (broad SMARTS) is 1. The molecule has 0 aliphatic heterocycles. The molecule has 1 unspecified atom stereocenters. The number of ether oxygens (including phenoxy) is 1. The number of hydrogen-bond acceptors (Lipinski definition) is 2. The van der Waals surface area contributed by atoms with Crippen LogP contribution in [0.4, 0.5) is 0 Å². The lowest BCUT2D eigenvalue weighted by molar-refractivity contribution is -0.146. The van der Waals surface area contributed by atoms with Crippen LogP contribution in [0.25, 0.3) is 0 Å². The largest absolute Gasteiger partial charge is 0.481 e. The minimum Gasteiger partial charge on any atom is -0.481 e. The molecule has 1 atom stereocenters. The molecule has 96 valence electrons. The van der Waals surface area contributed by atoms with Gasteiger partial charge in [0.25, 0.3) is 0 Å². The van der Waals surface area contributed by atoms with Crippen LogP contribution in [0.15, 0.2) is 0 Å². The van der Waals surface area contributed by atoms with Crippen LogP contribution in [0.3, 0.4) is 0 Å². The summed E-state index contributed by atoms with van der Waals surface area (Å²) in [6.45, 7) is 0. The molecule has 0 aromatic carbocycles. The Morgan fingerprint density at radius 3 is 2.12 bits per heavy atom. The molecule has 0 spiro atoms. The van der Waals surface area contributed by atoms with Crippen LogP contribution < -0.4 is 0 Å². The molecule has 4 bridgehead atoms. The van der Waals surface area contributed by atoms with Crippen molar-refractivity contribution in [2.75, 3.05) is 7.11 Å². The summed E-state index contributed by atoms with van der Waals surface area (Å²) in [5.41, 5.74) is 0. The second-order valence-corrected chi connectivity index (χ2v) is 6.38. The summed E-state index contributed by atoms with van der Waals surface area (Å²) in [6.07, 6.45) is 6.89. The highest BCUT2D eigenvalue weighted by Crippen LogP contribution is 2.57. The van der Waals surface area contributed by atoms with Crippen molar-refractivity contribution in [2.24, 2.45) is 29.6 Å². The molecular formula is C14H22O3. The number of carbonyl (C=O) groups is 1. The van der Waals surface area contributed by atoms with Gasteiger partial charge in [0.2, 0.25) is 0 Å². The Labute approximate surface area is 103 Å². The van der Waals surface area contributed by atoms with Gasteiger partial charge in [0.15, 0.2) is 0 Å². The fraction of sp³-hybridized carbons (Fsp3) is 0.929. The van der Waals surface area contributed by atoms with Gasteiger partial charge >= 0.3 is 5.97 Å². The standard InChI is InChI=1S/C14H22O3/c1-17-12(7-13(15)16)14-10-3-8-2-9(5-10)6-11(14)4-8/h8-12,14H,2-7H2,1H3,(H,15,16). The molecule has 0 heterocycles. The van der Waals surface area contributed by atoms with Crippen LogP contribution in [0.1, 0.15) is 38.5 Å². The van der Waals surface area contributed by atoms with E-state index in [0.717, 1.165) is 23.7 Å². The zero-order chi connectivity index (χ0) is 12.0. The van der Waals surface area contributed by atoms with Crippen LogP contribution in [0, 0.1) is 29.6 Å². The molecule has 0 saturated heterocycles. The molecule has 0 aromatic rings. The fourth-order valence-corrected chi connectivity index (χ4v) is 5.12. The zero-order valence-electron chi connectivity index (χ0n) is 10.5. The summed E-state index contributed by atoms with van der Waals surface area (Å²) in [5.74, 6) is 3.17. The first-order valence-corrected chi connectivity index (χ1v) is 6.92. The Kier molecular flexibility index (Phi) is 2.89. The van der Waals surface area contributed by atoms with Crippen LogP contribution >= 0.6 is 0 Å². The quantitative estimate of drug-likeness (QED) is 0.818. The van der Waals surface area contributed by atoms with E-state index in [9.17, 15) is 4.79 Å². The van der Waals surface area contributed by atoms with E-state index in [1.165, 1.54) is 32.1 Å². The van der Waals surface area contributed by atoms with Gasteiger partial charge in [-0.15, -0.1) is 0 Å². The Bertz CT molecular complexity index is 285. The lowest BCUT2D eigenvalue weighted by atomic mass is 9.50. The van der Waals surface area contributed by atoms with E-state index in [1.807, 2.05) is 0 Å². The first-order chi connectivity index (χ1) is 8.17. The highest BCUT2D eigenvalue weighted by Gasteiger charge is 2.50. The average molecular weight is 238 g/mol. The molecule has 4 aliphatic rings. The van der Waals surface area contributed by atoms with E-state index in [-0.39, 0.29) is 12.5 Å². The van der Waals surface area contributed by atoms with Gasteiger partial charge in [-0.05, 0) is 61.7 Å². The summed E-state index contributed by atoms with van der Waals surface area (Å²) in [6, 6.07) is 0. The van der Waals surface area contributed by atoms with Crippen LogP contribution in [0.5, 0.6) is 0 Å². The van der Waals surface area contributed by atoms with Crippen LogP contribution in [-0.4, -0.2) is 24.3 Å². The molecule has 3 nitrogen and oxygen atoms in total. The number of rotatable bonds is 4. The van der Waals surface area contributed by atoms with Gasteiger partial charge in [-0.2, -0.15) is 0 Å². The normalized spacial score (nSPS) is 44.9. The van der Waals surface area contributed by atoms with Crippen molar-refractivity contribution in [1.82, 2.24) is 0 Å². The molecule has 0 radical (unpaired) electrons. The molecule has 4 saturated carbocycles. The Hall–Kier alpha value is -0.570. The number of methoxy groups -OCH3 is 1. The number of aliphatic carboxylic acids is 1. The van der Waals surface area contributed by atoms with Crippen molar-refractivity contribution >= 4 is 5.97 Å². The second-order valence-electron chi connectivity index (χ2n) is 6.38. The first kappa shape index (κ1) is 11.5. The zero-order valence-corrected chi connectivity index (χ0v) is 10.5. The molecule has 1 N–H and O–H groups in total. The van der Waals surface area contributed by atoms with Gasteiger partial charge in [-0.3, -0.25) is 4.79 Å². The highest BCUT2D eigenvalue weighted by molar-refractivity contribution is 5.67. The molecule has 0 amide bonds. The summed E-state index contributed by atoms with van der Waals surface area (Å²) >= 11 is 0. The Morgan fingerprint density at radius 2 is 1.71 bits per heavy atom. The third-order valence-electron chi connectivity index (χ3n) is 5.41. The van der Waals surface area contributed by atoms with Crippen molar-refractivity contribution in [3.8, 4) is 0 Å². The van der Waals surface area contributed by atoms with Gasteiger partial charge in [0.1, 0.15) is 0 Å². The minimum absolute atomic E-state index is 0.0532. The highest BCUT2D eigenvalue weighted by atomic mass is 16.5. The lowest BCUT2D eigenvalue weighted by Gasteiger charge is -2.56. The van der Waals surface area contributed by atoms with Gasteiger partial charge in [0, 0.05) is 7.11 Å². The first-order valence-electron chi connectivity index (χ1n) is 6.92. The van der Waals surface area contributed by atoms with E-state index >= 15 is 0 Å². The molecule has 3 heteroatoms. The summed E-state index contributed by atoms with van der Waals surface area (Å²) in [4.78, 5) is 10.9. The van der Waals surface area contributed by atoms with Crippen molar-refractivity contribution < 1.29 is 14.6 Å². The van der Waals surface area contributed by atoms with Crippen LogP contribution in [-0.2, 0) is 9.53 Å². The molecule has 0 aromatic heterocycles. The van der Waals surface area contributed by atoms with E-state index in [1.54, 1.807) is 7.11 Å². The van der Waals surface area contributed by atoms with Crippen molar-refractivity contribution in [3.05, 3.63) is 0 Å². The molecule has 17 heavy (non-hydrogen) atoms. The average Bonchev–Trinajstić information content (AvgIpc) is 2.25. The SMILES string of the molecule is COC(CC(=O)O)C1C2CC3CC(C2)CC1C3. The molecular weight excluding hydrogens is 216 g/mol. The monoisotopic (exact) mass is 238 g/mol. The van der Waals surface area contributed by atoms with Gasteiger partial charge < -0.3 is 9.84 Å². The third kappa shape index (κ3) is 1.99. The lowest BCUT2D eigenvalue weighted by Crippen LogP contribution is -2.50. The maximum absolute atomic E-state index is 10.9. The second kappa shape index (κ2) is 4.27. The smallest absolute Gasteiger partial charge is 0.305 e. The third-order valence-corrected chi connectivity index (χ3v) is 5.41. The Balaban J connectivity index is 1.76. The van der Waals surface area contributed by atoms with Gasteiger partial charge in [-0.25, -0.2) is 0 Å². The van der Waals surface area contributed by atoms with Crippen molar-refractivity contribution in [2.45, 2.75) is 44.6 Å². The molecule has 4 aliphatic carbocycles. The maximum Gasteiger partial charge on any atom is 0.305 e.